The average Bonchev–Trinajstić information content (AvgIpc) is 2.38. The van der Waals surface area contributed by atoms with Crippen LogP contribution in [0.1, 0.15) is 37.7 Å². The first-order valence-corrected chi connectivity index (χ1v) is 6.25. The molecule has 0 aliphatic carbocycles. The van der Waals surface area contributed by atoms with Crippen LogP contribution in [0.5, 0.6) is 0 Å². The van der Waals surface area contributed by atoms with Crippen molar-refractivity contribution in [3.8, 4) is 0 Å². The van der Waals surface area contributed by atoms with Crippen LogP contribution in [0.2, 0.25) is 0 Å². The Morgan fingerprint density at radius 3 is 2.88 bits per heavy atom. The van der Waals surface area contributed by atoms with Crippen LogP contribution in [0.3, 0.4) is 0 Å². The zero-order valence-electron chi connectivity index (χ0n) is 10.3. The lowest BCUT2D eigenvalue weighted by molar-refractivity contribution is -0.119. The second-order valence-corrected chi connectivity index (χ2v) is 4.74. The molecular formula is C14H19NO2. The van der Waals surface area contributed by atoms with E-state index in [1.54, 1.807) is 13.1 Å². The zero-order valence-corrected chi connectivity index (χ0v) is 10.3. The fourth-order valence-corrected chi connectivity index (χ4v) is 2.43. The van der Waals surface area contributed by atoms with Crippen LogP contribution >= 0.6 is 0 Å². The minimum Gasteiger partial charge on any atom is -0.381 e. The number of carbonyl (C=O) groups is 1. The molecule has 1 fully saturated rings. The molecule has 1 unspecified atom stereocenters. The van der Waals surface area contributed by atoms with Crippen molar-refractivity contribution in [2.24, 2.45) is 5.92 Å². The third kappa shape index (κ3) is 3.37. The first kappa shape index (κ1) is 12.2. The Morgan fingerprint density at radius 2 is 2.29 bits per heavy atom. The minimum absolute atomic E-state index is 0.00630. The normalized spacial score (nSPS) is 18.9. The summed E-state index contributed by atoms with van der Waals surface area (Å²) in [5.41, 5.74) is 1.05. The highest BCUT2D eigenvalue weighted by Gasteiger charge is 2.23. The molecule has 0 radical (unpaired) electrons. The number of hydrogen-bond acceptors (Lipinski definition) is 3. The van der Waals surface area contributed by atoms with Gasteiger partial charge in [0.1, 0.15) is 5.78 Å². The van der Waals surface area contributed by atoms with E-state index >= 15 is 0 Å². The number of rotatable bonds is 4. The van der Waals surface area contributed by atoms with Gasteiger partial charge >= 0.3 is 0 Å². The third-order valence-corrected chi connectivity index (χ3v) is 3.49. The van der Waals surface area contributed by atoms with Crippen molar-refractivity contribution in [2.75, 3.05) is 13.2 Å². The topological polar surface area (TPSA) is 39.2 Å². The highest BCUT2D eigenvalue weighted by molar-refractivity contribution is 5.83. The fraction of sp³-hybridized carbons (Fsp3) is 0.571. The Balaban J connectivity index is 2.05. The molecule has 0 saturated carbocycles. The molecule has 3 nitrogen and oxygen atoms in total. The molecule has 2 heterocycles. The largest absolute Gasteiger partial charge is 0.381 e. The van der Waals surface area contributed by atoms with Gasteiger partial charge in [0.05, 0.1) is 0 Å². The summed E-state index contributed by atoms with van der Waals surface area (Å²) < 4.78 is 5.35. The molecule has 0 spiro atoms. The van der Waals surface area contributed by atoms with Gasteiger partial charge in [-0.15, -0.1) is 0 Å². The van der Waals surface area contributed by atoms with Gasteiger partial charge in [-0.1, -0.05) is 6.07 Å². The molecule has 17 heavy (non-hydrogen) atoms. The van der Waals surface area contributed by atoms with Crippen LogP contribution in [0, 0.1) is 5.92 Å². The lowest BCUT2D eigenvalue weighted by Crippen LogP contribution is -2.20. The minimum atomic E-state index is 0.00630. The molecule has 92 valence electrons. The summed E-state index contributed by atoms with van der Waals surface area (Å²) in [5, 5.41) is 0. The fourth-order valence-electron chi connectivity index (χ4n) is 2.43. The molecule has 0 amide bonds. The summed E-state index contributed by atoms with van der Waals surface area (Å²) in [7, 11) is 0. The molecule has 0 bridgehead atoms. The second kappa shape index (κ2) is 5.92. The first-order chi connectivity index (χ1) is 8.27. The number of carbonyl (C=O) groups excluding carboxylic acids is 1. The highest BCUT2D eigenvalue weighted by atomic mass is 16.5. The van der Waals surface area contributed by atoms with E-state index in [0.717, 1.165) is 38.0 Å². The van der Waals surface area contributed by atoms with Crippen LogP contribution in [0.25, 0.3) is 0 Å². The van der Waals surface area contributed by atoms with Crippen molar-refractivity contribution in [2.45, 2.75) is 32.1 Å². The predicted molar refractivity (Wildman–Crippen MR) is 65.8 cm³/mol. The van der Waals surface area contributed by atoms with E-state index in [-0.39, 0.29) is 11.7 Å². The maximum atomic E-state index is 11.8. The molecule has 1 saturated heterocycles. The second-order valence-electron chi connectivity index (χ2n) is 4.74. The number of hydrogen-bond donors (Lipinski definition) is 0. The van der Waals surface area contributed by atoms with Gasteiger partial charge < -0.3 is 4.74 Å². The number of Topliss-reactive ketones (excluding diaryl/α,β-unsaturated/α-hetero) is 1. The summed E-state index contributed by atoms with van der Waals surface area (Å²) in [5.74, 6) is 0.856. The van der Waals surface area contributed by atoms with Crippen LogP contribution in [0.4, 0.5) is 0 Å². The van der Waals surface area contributed by atoms with E-state index in [1.807, 2.05) is 18.3 Å². The maximum absolute atomic E-state index is 11.8. The van der Waals surface area contributed by atoms with Crippen molar-refractivity contribution >= 4 is 5.78 Å². The van der Waals surface area contributed by atoms with Crippen molar-refractivity contribution in [3.63, 3.8) is 0 Å². The molecule has 1 atom stereocenters. The quantitative estimate of drug-likeness (QED) is 0.802. The van der Waals surface area contributed by atoms with Gasteiger partial charge in [0.15, 0.2) is 0 Å². The highest BCUT2D eigenvalue weighted by Crippen LogP contribution is 2.29. The Hall–Kier alpha value is -1.22. The number of aromatic nitrogens is 1. The summed E-state index contributed by atoms with van der Waals surface area (Å²) >= 11 is 0. The van der Waals surface area contributed by atoms with Crippen molar-refractivity contribution < 1.29 is 9.53 Å². The van der Waals surface area contributed by atoms with Gasteiger partial charge in [-0.25, -0.2) is 0 Å². The van der Waals surface area contributed by atoms with E-state index in [0.29, 0.717) is 5.92 Å². The van der Waals surface area contributed by atoms with E-state index in [4.69, 9.17) is 4.74 Å². The predicted octanol–water partition coefficient (Wildman–Crippen LogP) is 2.57. The van der Waals surface area contributed by atoms with Crippen LogP contribution in [0.15, 0.2) is 24.5 Å². The maximum Gasteiger partial charge on any atom is 0.137 e. The van der Waals surface area contributed by atoms with Gasteiger partial charge in [0.25, 0.3) is 0 Å². The molecule has 2 rings (SSSR count). The van der Waals surface area contributed by atoms with Gasteiger partial charge in [0.2, 0.25) is 0 Å². The van der Waals surface area contributed by atoms with Crippen LogP contribution < -0.4 is 0 Å². The smallest absolute Gasteiger partial charge is 0.137 e. The summed E-state index contributed by atoms with van der Waals surface area (Å²) in [6.45, 7) is 3.35. The SMILES string of the molecule is CC(=O)C(CC1CCOCC1)c1cccnc1. The summed E-state index contributed by atoms with van der Waals surface area (Å²) in [4.78, 5) is 15.9. The Labute approximate surface area is 102 Å². The Bertz CT molecular complexity index is 358. The van der Waals surface area contributed by atoms with Crippen molar-refractivity contribution in [3.05, 3.63) is 30.1 Å². The third-order valence-electron chi connectivity index (χ3n) is 3.49. The molecule has 1 aliphatic rings. The number of pyridine rings is 1. The van der Waals surface area contributed by atoms with Crippen molar-refractivity contribution in [1.82, 2.24) is 4.98 Å². The van der Waals surface area contributed by atoms with E-state index in [9.17, 15) is 4.79 Å². The summed E-state index contributed by atoms with van der Waals surface area (Å²) in [6, 6.07) is 3.90. The number of ketones is 1. The van der Waals surface area contributed by atoms with Gasteiger partial charge in [0, 0.05) is 31.5 Å². The average molecular weight is 233 g/mol. The standard InChI is InChI=1S/C14H19NO2/c1-11(16)14(13-3-2-6-15-10-13)9-12-4-7-17-8-5-12/h2-3,6,10,12,14H,4-5,7-9H2,1H3. The molecule has 1 aromatic heterocycles. The lowest BCUT2D eigenvalue weighted by Gasteiger charge is -2.25. The number of nitrogens with zero attached hydrogens (tertiary/aromatic N) is 1. The van der Waals surface area contributed by atoms with E-state index in [2.05, 4.69) is 4.98 Å². The van der Waals surface area contributed by atoms with Gasteiger partial charge in [-0.2, -0.15) is 0 Å². The zero-order chi connectivity index (χ0) is 12.1. The molecule has 1 aliphatic heterocycles. The molecule has 3 heteroatoms. The first-order valence-electron chi connectivity index (χ1n) is 6.25. The number of ether oxygens (including phenoxy) is 1. The Kier molecular flexibility index (Phi) is 4.26. The molecule has 0 aromatic carbocycles. The van der Waals surface area contributed by atoms with Crippen molar-refractivity contribution in [1.29, 1.82) is 0 Å². The van der Waals surface area contributed by atoms with Crippen LogP contribution in [-0.4, -0.2) is 24.0 Å². The van der Waals surface area contributed by atoms with Crippen LogP contribution in [-0.2, 0) is 9.53 Å². The van der Waals surface area contributed by atoms with E-state index in [1.165, 1.54) is 0 Å². The molecular weight excluding hydrogens is 214 g/mol. The summed E-state index contributed by atoms with van der Waals surface area (Å²) in [6.07, 6.45) is 6.64. The Morgan fingerprint density at radius 1 is 1.53 bits per heavy atom. The molecule has 0 N–H and O–H groups in total. The monoisotopic (exact) mass is 233 g/mol. The van der Waals surface area contributed by atoms with Gasteiger partial charge in [-0.3, -0.25) is 9.78 Å². The molecule has 1 aromatic rings. The van der Waals surface area contributed by atoms with E-state index < -0.39 is 0 Å². The van der Waals surface area contributed by atoms with Gasteiger partial charge in [-0.05, 0) is 43.7 Å². The lowest BCUT2D eigenvalue weighted by atomic mass is 9.84.